The summed E-state index contributed by atoms with van der Waals surface area (Å²) >= 11 is 0. The van der Waals surface area contributed by atoms with Crippen LogP contribution in [0.4, 0.5) is 13.2 Å². The SMILES string of the molecule is Cc1nc(C(F)(F)F)ncc1CN1CCC(N)CC1.Cl.Cl. The zero-order chi connectivity index (χ0) is 14.0. The number of rotatable bonds is 2. The van der Waals surface area contributed by atoms with Crippen molar-refractivity contribution in [1.82, 2.24) is 14.9 Å². The van der Waals surface area contributed by atoms with Gasteiger partial charge in [0.2, 0.25) is 5.82 Å². The van der Waals surface area contributed by atoms with Crippen LogP contribution >= 0.6 is 24.8 Å². The fraction of sp³-hybridized carbons (Fsp3) is 0.667. The van der Waals surface area contributed by atoms with Gasteiger partial charge in [0, 0.05) is 30.0 Å². The molecule has 2 N–H and O–H groups in total. The van der Waals surface area contributed by atoms with Crippen molar-refractivity contribution in [2.24, 2.45) is 5.73 Å². The summed E-state index contributed by atoms with van der Waals surface area (Å²) in [7, 11) is 0. The second-order valence-electron chi connectivity index (χ2n) is 4.92. The van der Waals surface area contributed by atoms with Crippen molar-refractivity contribution in [2.45, 2.75) is 38.5 Å². The number of nitrogens with two attached hydrogens (primary N) is 1. The molecule has 122 valence electrons. The number of hydrogen-bond donors (Lipinski definition) is 1. The van der Waals surface area contributed by atoms with E-state index in [1.165, 1.54) is 6.20 Å². The second kappa shape index (κ2) is 8.12. The number of aryl methyl sites for hydroxylation is 1. The van der Waals surface area contributed by atoms with Crippen LogP contribution in [-0.4, -0.2) is 34.0 Å². The zero-order valence-corrected chi connectivity index (χ0v) is 13.2. The molecule has 1 aliphatic rings. The van der Waals surface area contributed by atoms with Crippen LogP contribution in [0.25, 0.3) is 0 Å². The summed E-state index contributed by atoms with van der Waals surface area (Å²) in [6.07, 6.45) is -1.37. The van der Waals surface area contributed by atoms with Crippen molar-refractivity contribution in [3.63, 3.8) is 0 Å². The molecule has 0 unspecified atom stereocenters. The smallest absolute Gasteiger partial charge is 0.328 e. The molecule has 21 heavy (non-hydrogen) atoms. The van der Waals surface area contributed by atoms with Gasteiger partial charge in [-0.3, -0.25) is 4.90 Å². The first-order chi connectivity index (χ1) is 8.86. The zero-order valence-electron chi connectivity index (χ0n) is 11.6. The van der Waals surface area contributed by atoms with Gasteiger partial charge in [-0.25, -0.2) is 9.97 Å². The van der Waals surface area contributed by atoms with E-state index in [2.05, 4.69) is 14.9 Å². The van der Waals surface area contributed by atoms with Crippen molar-refractivity contribution in [2.75, 3.05) is 13.1 Å². The van der Waals surface area contributed by atoms with Gasteiger partial charge < -0.3 is 5.73 Å². The molecule has 1 saturated heterocycles. The summed E-state index contributed by atoms with van der Waals surface area (Å²) in [5.74, 6) is -1.07. The Hall–Kier alpha value is -0.630. The van der Waals surface area contributed by atoms with Gasteiger partial charge in [0.25, 0.3) is 0 Å². The van der Waals surface area contributed by atoms with Gasteiger partial charge in [-0.1, -0.05) is 0 Å². The molecule has 2 heterocycles. The second-order valence-corrected chi connectivity index (χ2v) is 4.92. The number of hydrogen-bond acceptors (Lipinski definition) is 4. The van der Waals surface area contributed by atoms with E-state index in [1.54, 1.807) is 6.92 Å². The monoisotopic (exact) mass is 346 g/mol. The summed E-state index contributed by atoms with van der Waals surface area (Å²) < 4.78 is 37.4. The quantitative estimate of drug-likeness (QED) is 0.894. The highest BCUT2D eigenvalue weighted by Crippen LogP contribution is 2.26. The van der Waals surface area contributed by atoms with E-state index in [-0.39, 0.29) is 30.9 Å². The largest absolute Gasteiger partial charge is 0.451 e. The van der Waals surface area contributed by atoms with Crippen LogP contribution in [0.5, 0.6) is 0 Å². The predicted molar refractivity (Wildman–Crippen MR) is 78.8 cm³/mol. The summed E-state index contributed by atoms with van der Waals surface area (Å²) in [6.45, 7) is 3.89. The molecule has 1 aromatic heterocycles. The van der Waals surface area contributed by atoms with Gasteiger partial charge in [-0.15, -0.1) is 24.8 Å². The maximum absolute atomic E-state index is 12.5. The fourth-order valence-electron chi connectivity index (χ4n) is 2.14. The molecule has 4 nitrogen and oxygen atoms in total. The molecule has 0 aliphatic carbocycles. The Labute approximate surface area is 134 Å². The molecule has 1 fully saturated rings. The summed E-state index contributed by atoms with van der Waals surface area (Å²) in [4.78, 5) is 9.11. The highest BCUT2D eigenvalue weighted by molar-refractivity contribution is 5.85. The first-order valence-corrected chi connectivity index (χ1v) is 6.24. The molecule has 0 amide bonds. The van der Waals surface area contributed by atoms with Crippen molar-refractivity contribution in [1.29, 1.82) is 0 Å². The number of likely N-dealkylation sites (tertiary alicyclic amines) is 1. The lowest BCUT2D eigenvalue weighted by Gasteiger charge is -2.30. The lowest BCUT2D eigenvalue weighted by Crippen LogP contribution is -2.39. The fourth-order valence-corrected chi connectivity index (χ4v) is 2.14. The lowest BCUT2D eigenvalue weighted by atomic mass is 10.1. The van der Waals surface area contributed by atoms with Gasteiger partial charge in [0.05, 0.1) is 0 Å². The molecule has 2 rings (SSSR count). The lowest BCUT2D eigenvalue weighted by molar-refractivity contribution is -0.145. The van der Waals surface area contributed by atoms with Crippen molar-refractivity contribution in [3.05, 3.63) is 23.3 Å². The number of piperidine rings is 1. The molecule has 0 radical (unpaired) electrons. The molecule has 0 aromatic carbocycles. The Morgan fingerprint density at radius 2 is 1.86 bits per heavy atom. The molecular formula is C12H19Cl2F3N4. The summed E-state index contributed by atoms with van der Waals surface area (Å²) in [5, 5.41) is 0. The minimum atomic E-state index is -4.48. The van der Waals surface area contributed by atoms with E-state index in [0.29, 0.717) is 12.2 Å². The van der Waals surface area contributed by atoms with E-state index < -0.39 is 12.0 Å². The molecule has 0 saturated carbocycles. The molecule has 1 aromatic rings. The average molecular weight is 347 g/mol. The number of alkyl halides is 3. The molecule has 0 atom stereocenters. The van der Waals surface area contributed by atoms with Crippen molar-refractivity contribution in [3.8, 4) is 0 Å². The van der Waals surface area contributed by atoms with Crippen molar-refractivity contribution < 1.29 is 13.2 Å². The van der Waals surface area contributed by atoms with E-state index in [0.717, 1.165) is 31.5 Å². The third-order valence-corrected chi connectivity index (χ3v) is 3.36. The maximum atomic E-state index is 12.5. The topological polar surface area (TPSA) is 55.0 Å². The first kappa shape index (κ1) is 20.4. The highest BCUT2D eigenvalue weighted by Gasteiger charge is 2.34. The molecule has 0 bridgehead atoms. The third kappa shape index (κ3) is 5.58. The highest BCUT2D eigenvalue weighted by atomic mass is 35.5. The Morgan fingerprint density at radius 1 is 1.29 bits per heavy atom. The van der Waals surface area contributed by atoms with Crippen LogP contribution in [-0.2, 0) is 12.7 Å². The van der Waals surface area contributed by atoms with Crippen LogP contribution in [0.1, 0.15) is 29.9 Å². The standard InChI is InChI=1S/C12H17F3N4.2ClH/c1-8-9(6-17-11(18-8)12(13,14)15)7-19-4-2-10(16)3-5-19;;/h6,10H,2-5,7,16H2,1H3;2*1H. The van der Waals surface area contributed by atoms with E-state index >= 15 is 0 Å². The molecule has 0 spiro atoms. The first-order valence-electron chi connectivity index (χ1n) is 6.24. The Bertz CT molecular complexity index is 449. The summed E-state index contributed by atoms with van der Waals surface area (Å²) in [6, 6.07) is 0.237. The van der Waals surface area contributed by atoms with Crippen molar-refractivity contribution >= 4 is 24.8 Å². The van der Waals surface area contributed by atoms with Gasteiger partial charge in [0.15, 0.2) is 0 Å². The normalized spacial score (nSPS) is 17.0. The van der Waals surface area contributed by atoms with Gasteiger partial charge in [-0.2, -0.15) is 13.2 Å². The van der Waals surface area contributed by atoms with Crippen LogP contribution in [0.3, 0.4) is 0 Å². The van der Waals surface area contributed by atoms with E-state index in [9.17, 15) is 13.2 Å². The number of halogens is 5. The predicted octanol–water partition coefficient (Wildman–Crippen LogP) is 2.57. The minimum absolute atomic E-state index is 0. The third-order valence-electron chi connectivity index (χ3n) is 3.36. The molecular weight excluding hydrogens is 328 g/mol. The van der Waals surface area contributed by atoms with E-state index in [4.69, 9.17) is 5.73 Å². The van der Waals surface area contributed by atoms with Crippen LogP contribution in [0.15, 0.2) is 6.20 Å². The van der Waals surface area contributed by atoms with Crippen LogP contribution in [0.2, 0.25) is 0 Å². The number of nitrogens with zero attached hydrogens (tertiary/aromatic N) is 3. The molecule has 1 aliphatic heterocycles. The summed E-state index contributed by atoms with van der Waals surface area (Å²) in [5.41, 5.74) is 6.94. The Morgan fingerprint density at radius 3 is 2.33 bits per heavy atom. The van der Waals surface area contributed by atoms with Crippen LogP contribution in [0, 0.1) is 6.92 Å². The minimum Gasteiger partial charge on any atom is -0.328 e. The Kier molecular flexibility index (Phi) is 7.88. The molecule has 9 heteroatoms. The maximum Gasteiger partial charge on any atom is 0.451 e. The van der Waals surface area contributed by atoms with Gasteiger partial charge in [0.1, 0.15) is 0 Å². The van der Waals surface area contributed by atoms with Crippen LogP contribution < -0.4 is 5.73 Å². The Balaban J connectivity index is 0.00000200. The van der Waals surface area contributed by atoms with Gasteiger partial charge in [-0.05, 0) is 32.9 Å². The number of aromatic nitrogens is 2. The van der Waals surface area contributed by atoms with E-state index in [1.807, 2.05) is 0 Å². The van der Waals surface area contributed by atoms with Gasteiger partial charge >= 0.3 is 6.18 Å². The average Bonchev–Trinajstić information content (AvgIpc) is 2.33.